The number of hydrogen-bond donors (Lipinski definition) is 0. The van der Waals surface area contributed by atoms with E-state index < -0.39 is 0 Å². The number of likely N-dealkylation sites (tertiary alicyclic amines) is 1. The summed E-state index contributed by atoms with van der Waals surface area (Å²) in [5.74, 6) is 1.14. The fourth-order valence-electron chi connectivity index (χ4n) is 4.15. The molecule has 7 heteroatoms. The Morgan fingerprint density at radius 1 is 1.04 bits per heavy atom. The van der Waals surface area contributed by atoms with Gasteiger partial charge in [0.25, 0.3) is 0 Å². The predicted molar refractivity (Wildman–Crippen MR) is 126 cm³/mol. The van der Waals surface area contributed by atoms with E-state index in [1.54, 1.807) is 6.92 Å². The topological polar surface area (TPSA) is 26.8 Å². The minimum atomic E-state index is 0. The molecule has 0 amide bonds. The highest BCUT2D eigenvalue weighted by Gasteiger charge is 2.22. The normalized spacial score (nSPS) is 19.0. The Morgan fingerprint density at radius 2 is 1.71 bits per heavy atom. The number of piperazine rings is 1. The third-order valence-electron chi connectivity index (χ3n) is 5.80. The Kier molecular flexibility index (Phi) is 11.8. The zero-order chi connectivity index (χ0) is 18.4. The summed E-state index contributed by atoms with van der Waals surface area (Å²) in [7, 11) is 0. The second-order valence-corrected chi connectivity index (χ2v) is 8.62. The summed E-state index contributed by atoms with van der Waals surface area (Å²) < 4.78 is 0. The van der Waals surface area contributed by atoms with Crippen LogP contribution in [-0.4, -0.2) is 74.2 Å². The number of carbonyl (C=O) groups is 1. The van der Waals surface area contributed by atoms with Crippen molar-refractivity contribution in [3.8, 4) is 0 Å². The number of anilines is 1. The molecule has 160 valence electrons. The van der Waals surface area contributed by atoms with E-state index in [1.165, 1.54) is 49.5 Å². The number of Topliss-reactive ketones (excluding diaryl/α,β-unsaturated/α-hetero) is 1. The minimum absolute atomic E-state index is 0. The average Bonchev–Trinajstić information content (AvgIpc) is 2.67. The number of hydrogen-bond acceptors (Lipinski definition) is 5. The summed E-state index contributed by atoms with van der Waals surface area (Å²) in [4.78, 5) is 20.1. The summed E-state index contributed by atoms with van der Waals surface area (Å²) >= 11 is 1.82. The van der Waals surface area contributed by atoms with E-state index >= 15 is 0 Å². The van der Waals surface area contributed by atoms with Crippen molar-refractivity contribution >= 4 is 48.0 Å². The quantitative estimate of drug-likeness (QED) is 0.587. The van der Waals surface area contributed by atoms with Crippen molar-refractivity contribution in [1.29, 1.82) is 0 Å². The molecule has 0 saturated carbocycles. The predicted octanol–water partition coefficient (Wildman–Crippen LogP) is 4.07. The second kappa shape index (κ2) is 13.0. The van der Waals surface area contributed by atoms with Crippen molar-refractivity contribution < 1.29 is 4.79 Å². The minimum Gasteiger partial charge on any atom is -0.369 e. The number of thioether (sulfide) groups is 1. The van der Waals surface area contributed by atoms with Gasteiger partial charge in [0.15, 0.2) is 0 Å². The van der Waals surface area contributed by atoms with Gasteiger partial charge >= 0.3 is 0 Å². The molecule has 4 nitrogen and oxygen atoms in total. The molecule has 2 aliphatic heterocycles. The van der Waals surface area contributed by atoms with Gasteiger partial charge in [-0.25, -0.2) is 0 Å². The van der Waals surface area contributed by atoms with Gasteiger partial charge < -0.3 is 4.90 Å². The van der Waals surface area contributed by atoms with Gasteiger partial charge in [-0.3, -0.25) is 14.6 Å². The first kappa shape index (κ1) is 25.6. The molecule has 0 aromatic heterocycles. The molecule has 28 heavy (non-hydrogen) atoms. The zero-order valence-electron chi connectivity index (χ0n) is 17.1. The van der Waals surface area contributed by atoms with Crippen LogP contribution in [0.5, 0.6) is 0 Å². The smallest absolute Gasteiger partial charge is 0.143 e. The molecule has 1 aromatic rings. The first-order valence-electron chi connectivity index (χ1n) is 9.97. The Morgan fingerprint density at radius 3 is 2.32 bits per heavy atom. The number of nitrogens with zero attached hydrogens (tertiary/aromatic N) is 3. The highest BCUT2D eigenvalue weighted by Crippen LogP contribution is 2.24. The Balaban J connectivity index is 0.00000196. The van der Waals surface area contributed by atoms with E-state index in [-0.39, 0.29) is 24.8 Å². The molecule has 0 atom stereocenters. The summed E-state index contributed by atoms with van der Waals surface area (Å²) in [6.07, 6.45) is 5.97. The lowest BCUT2D eigenvalue weighted by Gasteiger charge is -2.37. The van der Waals surface area contributed by atoms with Gasteiger partial charge in [-0.1, -0.05) is 6.07 Å². The van der Waals surface area contributed by atoms with Gasteiger partial charge in [0.2, 0.25) is 0 Å². The molecule has 0 aliphatic carbocycles. The van der Waals surface area contributed by atoms with Gasteiger partial charge in [-0.15, -0.1) is 36.6 Å². The van der Waals surface area contributed by atoms with Crippen molar-refractivity contribution in [1.82, 2.24) is 9.80 Å². The SMILES string of the molecule is CSc1cccc(N2CCN(CCC3CCN(CC(C)=O)CC3)CC2)c1.Cl.Cl. The van der Waals surface area contributed by atoms with Crippen LogP contribution in [0.15, 0.2) is 29.2 Å². The van der Waals surface area contributed by atoms with Gasteiger partial charge in [0.1, 0.15) is 5.78 Å². The third-order valence-corrected chi connectivity index (χ3v) is 6.52. The summed E-state index contributed by atoms with van der Waals surface area (Å²) in [6.45, 7) is 10.4. The van der Waals surface area contributed by atoms with Crippen LogP contribution in [0.1, 0.15) is 26.2 Å². The van der Waals surface area contributed by atoms with E-state index in [1.807, 2.05) is 11.8 Å². The van der Waals surface area contributed by atoms with E-state index in [0.29, 0.717) is 12.3 Å². The van der Waals surface area contributed by atoms with Crippen LogP contribution in [0.2, 0.25) is 0 Å². The Labute approximate surface area is 187 Å². The van der Waals surface area contributed by atoms with Crippen molar-refractivity contribution in [3.05, 3.63) is 24.3 Å². The Bertz CT molecular complexity index is 589. The van der Waals surface area contributed by atoms with E-state index in [0.717, 1.165) is 32.1 Å². The number of ketones is 1. The maximum Gasteiger partial charge on any atom is 0.143 e. The number of carbonyl (C=O) groups excluding carboxylic acids is 1. The molecular weight excluding hydrogens is 413 g/mol. The van der Waals surface area contributed by atoms with Crippen LogP contribution >= 0.6 is 36.6 Å². The number of halogens is 2. The second-order valence-electron chi connectivity index (χ2n) is 7.74. The standard InChI is InChI=1S/C21H33N3OS.2ClH/c1-18(25)17-23-10-7-19(8-11-23)6-9-22-12-14-24(15-13-22)20-4-3-5-21(16-20)26-2;;/h3-5,16,19H,6-15,17H2,1-2H3;2*1H. The van der Waals surface area contributed by atoms with E-state index in [2.05, 4.69) is 45.2 Å². The number of rotatable bonds is 7. The zero-order valence-corrected chi connectivity index (χ0v) is 19.6. The number of piperidine rings is 1. The molecule has 0 bridgehead atoms. The Hall–Kier alpha value is -0.460. The summed E-state index contributed by atoms with van der Waals surface area (Å²) in [6, 6.07) is 8.91. The van der Waals surface area contributed by atoms with E-state index in [4.69, 9.17) is 0 Å². The van der Waals surface area contributed by atoms with Crippen LogP contribution in [0.25, 0.3) is 0 Å². The third kappa shape index (κ3) is 7.75. The monoisotopic (exact) mass is 447 g/mol. The van der Waals surface area contributed by atoms with Crippen LogP contribution in [-0.2, 0) is 4.79 Å². The summed E-state index contributed by atoms with van der Waals surface area (Å²) in [5, 5.41) is 0. The van der Waals surface area contributed by atoms with Crippen LogP contribution in [0.3, 0.4) is 0 Å². The van der Waals surface area contributed by atoms with Crippen molar-refractivity contribution in [2.45, 2.75) is 31.1 Å². The maximum atomic E-state index is 11.2. The molecule has 0 N–H and O–H groups in total. The molecular formula is C21H35Cl2N3OS. The lowest BCUT2D eigenvalue weighted by molar-refractivity contribution is -0.118. The van der Waals surface area contributed by atoms with Gasteiger partial charge in [0, 0.05) is 36.8 Å². The lowest BCUT2D eigenvalue weighted by atomic mass is 9.93. The van der Waals surface area contributed by atoms with Crippen molar-refractivity contribution in [2.75, 3.05) is 63.5 Å². The van der Waals surface area contributed by atoms with Crippen molar-refractivity contribution in [2.24, 2.45) is 5.92 Å². The average molecular weight is 449 g/mol. The number of benzene rings is 1. The van der Waals surface area contributed by atoms with Gasteiger partial charge in [-0.2, -0.15) is 0 Å². The molecule has 0 radical (unpaired) electrons. The molecule has 1 aromatic carbocycles. The highest BCUT2D eigenvalue weighted by atomic mass is 35.5. The van der Waals surface area contributed by atoms with Gasteiger partial charge in [-0.05, 0) is 76.2 Å². The fourth-order valence-corrected chi connectivity index (χ4v) is 4.60. The summed E-state index contributed by atoms with van der Waals surface area (Å²) in [5.41, 5.74) is 1.37. The first-order valence-corrected chi connectivity index (χ1v) is 11.2. The highest BCUT2D eigenvalue weighted by molar-refractivity contribution is 7.98. The molecule has 2 heterocycles. The molecule has 2 aliphatic rings. The lowest BCUT2D eigenvalue weighted by Crippen LogP contribution is -2.47. The van der Waals surface area contributed by atoms with E-state index in [9.17, 15) is 4.79 Å². The fraction of sp³-hybridized carbons (Fsp3) is 0.667. The maximum absolute atomic E-state index is 11.2. The molecule has 0 unspecified atom stereocenters. The van der Waals surface area contributed by atoms with Crippen LogP contribution < -0.4 is 4.90 Å². The largest absolute Gasteiger partial charge is 0.369 e. The molecule has 3 rings (SSSR count). The van der Waals surface area contributed by atoms with Crippen LogP contribution in [0, 0.1) is 5.92 Å². The van der Waals surface area contributed by atoms with Crippen LogP contribution in [0.4, 0.5) is 5.69 Å². The molecule has 2 saturated heterocycles. The van der Waals surface area contributed by atoms with Crippen molar-refractivity contribution in [3.63, 3.8) is 0 Å². The molecule has 0 spiro atoms. The van der Waals surface area contributed by atoms with Gasteiger partial charge in [0.05, 0.1) is 6.54 Å². The first-order chi connectivity index (χ1) is 12.6. The molecule has 2 fully saturated rings.